The number of carbonyl (C=O) groups is 5. The fourth-order valence-electron chi connectivity index (χ4n) is 3.68. The van der Waals surface area contributed by atoms with Gasteiger partial charge >= 0.3 is 11.9 Å². The maximum Gasteiger partial charge on any atom is 0.328 e. The molecule has 1 aromatic carbocycles. The van der Waals surface area contributed by atoms with Crippen molar-refractivity contribution < 1.29 is 39.3 Å². The Labute approximate surface area is 222 Å². The van der Waals surface area contributed by atoms with E-state index in [4.69, 9.17) is 15.9 Å². The first-order valence-electron chi connectivity index (χ1n) is 11.8. The van der Waals surface area contributed by atoms with Gasteiger partial charge in [-0.25, -0.2) is 4.79 Å². The zero-order valence-electron chi connectivity index (χ0n) is 20.8. The van der Waals surface area contributed by atoms with E-state index in [2.05, 4.69) is 20.9 Å². The van der Waals surface area contributed by atoms with Gasteiger partial charge in [-0.15, -0.1) is 0 Å². The lowest BCUT2D eigenvalue weighted by Gasteiger charge is -2.24. The Kier molecular flexibility index (Phi) is 12.0. The van der Waals surface area contributed by atoms with Crippen LogP contribution in [-0.2, 0) is 30.4 Å². The summed E-state index contributed by atoms with van der Waals surface area (Å²) in [6, 6.07) is 2.34. The van der Waals surface area contributed by atoms with Crippen molar-refractivity contribution in [2.24, 2.45) is 5.73 Å². The highest BCUT2D eigenvalue weighted by Crippen LogP contribution is 2.19. The monoisotopic (exact) mass is 551 g/mol. The number of para-hydroxylation sites is 1. The number of carboxylic acid groups (broad SMARTS) is 2. The van der Waals surface area contributed by atoms with Crippen LogP contribution in [0, 0.1) is 0 Å². The molecule has 13 nitrogen and oxygen atoms in total. The van der Waals surface area contributed by atoms with Crippen LogP contribution in [0.5, 0.6) is 0 Å². The van der Waals surface area contributed by atoms with Crippen molar-refractivity contribution in [1.29, 1.82) is 0 Å². The Hall–Kier alpha value is -3.62. The van der Waals surface area contributed by atoms with Gasteiger partial charge in [-0.1, -0.05) is 18.2 Å². The summed E-state index contributed by atoms with van der Waals surface area (Å²) >= 11 is 1.38. The lowest BCUT2D eigenvalue weighted by molar-refractivity contribution is -0.143. The number of amides is 3. The highest BCUT2D eigenvalue weighted by Gasteiger charge is 2.30. The number of aliphatic hydroxyl groups excluding tert-OH is 1. The third-order valence-corrected chi connectivity index (χ3v) is 6.42. The fourth-order valence-corrected chi connectivity index (χ4v) is 4.15. The Bertz CT molecular complexity index is 1140. The molecular formula is C24H33N5O8S. The van der Waals surface area contributed by atoms with Gasteiger partial charge in [0, 0.05) is 23.5 Å². The minimum atomic E-state index is -1.57. The summed E-state index contributed by atoms with van der Waals surface area (Å²) in [5, 5.41) is 35.4. The van der Waals surface area contributed by atoms with Crippen LogP contribution in [-0.4, -0.2) is 92.7 Å². The van der Waals surface area contributed by atoms with Crippen LogP contribution in [0.1, 0.15) is 24.8 Å². The van der Waals surface area contributed by atoms with Crippen LogP contribution in [0.3, 0.4) is 0 Å². The van der Waals surface area contributed by atoms with Gasteiger partial charge in [-0.3, -0.25) is 19.2 Å². The van der Waals surface area contributed by atoms with Crippen LogP contribution >= 0.6 is 11.8 Å². The number of nitrogens with one attached hydrogen (secondary N) is 4. The van der Waals surface area contributed by atoms with E-state index in [0.29, 0.717) is 5.75 Å². The number of aliphatic carboxylic acids is 2. The second kappa shape index (κ2) is 15.0. The van der Waals surface area contributed by atoms with E-state index < -0.39 is 66.9 Å². The predicted molar refractivity (Wildman–Crippen MR) is 140 cm³/mol. The molecule has 0 radical (unpaired) electrons. The van der Waals surface area contributed by atoms with Gasteiger partial charge in [0.05, 0.1) is 12.6 Å². The number of rotatable bonds is 16. The lowest BCUT2D eigenvalue weighted by Crippen LogP contribution is -2.57. The smallest absolute Gasteiger partial charge is 0.328 e. The summed E-state index contributed by atoms with van der Waals surface area (Å²) in [4.78, 5) is 64.0. The molecule has 4 unspecified atom stereocenters. The molecule has 1 heterocycles. The molecule has 1 aromatic heterocycles. The van der Waals surface area contributed by atoms with Crippen molar-refractivity contribution >= 4 is 52.3 Å². The molecule has 3 amide bonds. The molecule has 9 N–H and O–H groups in total. The highest BCUT2D eigenvalue weighted by atomic mass is 32.2. The standard InChI is InChI=1S/C24H33N5O8S/c1-38-9-8-18(23(35)29-19(12-30)24(36)37)28-22(34)17(6-7-20(31)32)27-21(33)15(25)10-13-11-26-16-5-3-2-4-14(13)16/h2-5,11,15,17-19,26,30H,6-10,12,25H2,1H3,(H,27,33)(H,28,34)(H,29,35)(H,31,32)(H,36,37). The summed E-state index contributed by atoms with van der Waals surface area (Å²) in [5.41, 5.74) is 7.76. The van der Waals surface area contributed by atoms with Gasteiger partial charge in [0.25, 0.3) is 0 Å². The molecule has 0 spiro atoms. The largest absolute Gasteiger partial charge is 0.481 e. The second-order valence-corrected chi connectivity index (χ2v) is 9.57. The number of fused-ring (bicyclic) bond motifs is 1. The lowest BCUT2D eigenvalue weighted by atomic mass is 10.0. The number of carbonyl (C=O) groups excluding carboxylic acids is 3. The first-order valence-corrected chi connectivity index (χ1v) is 13.2. The van der Waals surface area contributed by atoms with Gasteiger partial charge in [-0.05, 0) is 42.9 Å². The number of aromatic nitrogens is 1. The number of thioether (sulfide) groups is 1. The van der Waals surface area contributed by atoms with E-state index in [1.54, 1.807) is 12.5 Å². The van der Waals surface area contributed by atoms with Crippen molar-refractivity contribution in [2.75, 3.05) is 18.6 Å². The molecule has 0 aliphatic heterocycles. The summed E-state index contributed by atoms with van der Waals surface area (Å²) in [7, 11) is 0. The first kappa shape index (κ1) is 30.6. The predicted octanol–water partition coefficient (Wildman–Crippen LogP) is -0.813. The Morgan fingerprint density at radius 2 is 1.55 bits per heavy atom. The van der Waals surface area contributed by atoms with Crippen LogP contribution in [0.15, 0.2) is 30.5 Å². The SMILES string of the molecule is CSCCC(NC(=O)C(CCC(=O)O)NC(=O)C(N)Cc1c[nH]c2ccccc12)C(=O)NC(CO)C(=O)O. The average molecular weight is 552 g/mol. The normalized spacial score (nSPS) is 14.2. The summed E-state index contributed by atoms with van der Waals surface area (Å²) in [5.74, 6) is -4.56. The van der Waals surface area contributed by atoms with E-state index in [9.17, 15) is 29.1 Å². The Morgan fingerprint density at radius 1 is 0.947 bits per heavy atom. The minimum absolute atomic E-state index is 0.121. The van der Waals surface area contributed by atoms with Crippen molar-refractivity contribution in [3.05, 3.63) is 36.0 Å². The molecule has 2 rings (SSSR count). The molecule has 2 aromatic rings. The zero-order valence-corrected chi connectivity index (χ0v) is 21.6. The zero-order chi connectivity index (χ0) is 28.2. The molecule has 0 saturated heterocycles. The Morgan fingerprint density at radius 3 is 2.16 bits per heavy atom. The number of nitrogens with two attached hydrogens (primary N) is 1. The molecule has 0 aliphatic rings. The average Bonchev–Trinajstić information content (AvgIpc) is 3.29. The minimum Gasteiger partial charge on any atom is -0.481 e. The van der Waals surface area contributed by atoms with E-state index in [1.165, 1.54) is 11.8 Å². The molecule has 0 bridgehead atoms. The van der Waals surface area contributed by atoms with Crippen molar-refractivity contribution in [3.8, 4) is 0 Å². The Balaban J connectivity index is 2.13. The number of benzene rings is 1. The third-order valence-electron chi connectivity index (χ3n) is 5.77. The summed E-state index contributed by atoms with van der Waals surface area (Å²) < 4.78 is 0. The number of carboxylic acids is 2. The fraction of sp³-hybridized carbons (Fsp3) is 0.458. The van der Waals surface area contributed by atoms with Gasteiger partial charge < -0.3 is 42.0 Å². The molecule has 208 valence electrons. The molecular weight excluding hydrogens is 518 g/mol. The van der Waals surface area contributed by atoms with Crippen LogP contribution in [0.4, 0.5) is 0 Å². The highest BCUT2D eigenvalue weighted by molar-refractivity contribution is 7.98. The molecule has 14 heteroatoms. The summed E-state index contributed by atoms with van der Waals surface area (Å²) in [6.07, 6.45) is 3.07. The summed E-state index contributed by atoms with van der Waals surface area (Å²) in [6.45, 7) is -0.851. The maximum absolute atomic E-state index is 13.1. The first-order chi connectivity index (χ1) is 18.1. The molecule has 38 heavy (non-hydrogen) atoms. The number of aromatic amines is 1. The van der Waals surface area contributed by atoms with Gasteiger partial charge in [0.2, 0.25) is 17.7 Å². The van der Waals surface area contributed by atoms with Crippen molar-refractivity contribution in [2.45, 2.75) is 49.9 Å². The van der Waals surface area contributed by atoms with E-state index >= 15 is 0 Å². The number of hydrogen-bond acceptors (Lipinski definition) is 8. The van der Waals surface area contributed by atoms with Gasteiger partial charge in [0.15, 0.2) is 0 Å². The van der Waals surface area contributed by atoms with Crippen LogP contribution in [0.2, 0.25) is 0 Å². The molecule has 4 atom stereocenters. The third kappa shape index (κ3) is 9.04. The number of hydrogen-bond donors (Lipinski definition) is 8. The van der Waals surface area contributed by atoms with E-state index in [-0.39, 0.29) is 19.3 Å². The van der Waals surface area contributed by atoms with Crippen LogP contribution in [0.25, 0.3) is 10.9 Å². The van der Waals surface area contributed by atoms with Crippen LogP contribution < -0.4 is 21.7 Å². The second-order valence-electron chi connectivity index (χ2n) is 8.59. The maximum atomic E-state index is 13.1. The van der Waals surface area contributed by atoms with Gasteiger partial charge in [-0.2, -0.15) is 11.8 Å². The number of H-pyrrole nitrogens is 1. The van der Waals surface area contributed by atoms with Crippen molar-refractivity contribution in [3.63, 3.8) is 0 Å². The van der Waals surface area contributed by atoms with Gasteiger partial charge in [0.1, 0.15) is 18.1 Å². The topological polar surface area (TPSA) is 224 Å². The van der Waals surface area contributed by atoms with E-state index in [0.717, 1.165) is 16.5 Å². The van der Waals surface area contributed by atoms with E-state index in [1.807, 2.05) is 24.3 Å². The quantitative estimate of drug-likeness (QED) is 0.129. The molecule has 0 fully saturated rings. The molecule has 0 saturated carbocycles. The molecule has 0 aliphatic carbocycles. The van der Waals surface area contributed by atoms with Crippen molar-refractivity contribution in [1.82, 2.24) is 20.9 Å². The number of aliphatic hydroxyl groups is 1.